The van der Waals surface area contributed by atoms with E-state index in [1.807, 2.05) is 0 Å². The Labute approximate surface area is 126 Å². The molecule has 0 saturated carbocycles. The minimum absolute atomic E-state index is 0.547. The molecule has 0 aliphatic rings. The maximum atomic E-state index is 5.36. The van der Waals surface area contributed by atoms with Gasteiger partial charge in [-0.1, -0.05) is 0 Å². The summed E-state index contributed by atoms with van der Waals surface area (Å²) in [6.45, 7) is 6.65. The first-order valence-electron chi connectivity index (χ1n) is 6.99. The van der Waals surface area contributed by atoms with E-state index in [1.54, 1.807) is 11.8 Å². The van der Waals surface area contributed by atoms with Crippen molar-refractivity contribution < 1.29 is 23.7 Å². The molecule has 20 heavy (non-hydrogen) atoms. The van der Waals surface area contributed by atoms with Crippen LogP contribution in [0.2, 0.25) is 0 Å². The largest absolute Gasteiger partial charge is 0.378 e. The van der Waals surface area contributed by atoms with Gasteiger partial charge in [-0.25, -0.2) is 0 Å². The molecule has 0 aliphatic carbocycles. The van der Waals surface area contributed by atoms with E-state index in [9.17, 15) is 0 Å². The normalized spacial score (nSPS) is 11.1. The average molecular weight is 311 g/mol. The fourth-order valence-electron chi connectivity index (χ4n) is 1.21. The van der Waals surface area contributed by atoms with Crippen molar-refractivity contribution in [2.45, 2.75) is 0 Å². The van der Waals surface area contributed by atoms with Crippen LogP contribution in [-0.2, 0) is 23.7 Å². The molecule has 0 spiro atoms. The highest BCUT2D eigenvalue weighted by atomic mass is 32.2. The summed E-state index contributed by atoms with van der Waals surface area (Å²) < 4.78 is 26.5. The minimum atomic E-state index is 0.547. The van der Waals surface area contributed by atoms with E-state index in [0.29, 0.717) is 66.0 Å². The standard InChI is InChI=1S/C13H29NO5S/c1-20-13-12-19-11-10-18-9-8-17-7-6-16-5-4-15-3-2-14/h2-14H2,1H3. The average Bonchev–Trinajstić information content (AvgIpc) is 2.47. The summed E-state index contributed by atoms with van der Waals surface area (Å²) in [5.41, 5.74) is 5.28. The number of thioether (sulfide) groups is 1. The Bertz CT molecular complexity index is 159. The molecule has 0 unspecified atom stereocenters. The van der Waals surface area contributed by atoms with Crippen LogP contribution in [0.15, 0.2) is 0 Å². The molecular weight excluding hydrogens is 282 g/mol. The van der Waals surface area contributed by atoms with Gasteiger partial charge in [0.1, 0.15) is 0 Å². The van der Waals surface area contributed by atoms with Crippen LogP contribution in [0, 0.1) is 0 Å². The first-order chi connectivity index (χ1) is 9.91. The summed E-state index contributed by atoms with van der Waals surface area (Å²) in [7, 11) is 0. The van der Waals surface area contributed by atoms with Gasteiger partial charge in [0.2, 0.25) is 0 Å². The number of rotatable bonds is 17. The predicted octanol–water partition coefficient (Wildman–Crippen LogP) is 0.391. The lowest BCUT2D eigenvalue weighted by molar-refractivity contribution is -0.00951. The van der Waals surface area contributed by atoms with E-state index in [1.165, 1.54) is 0 Å². The quantitative estimate of drug-likeness (QED) is 0.390. The Morgan fingerprint density at radius 2 is 0.950 bits per heavy atom. The maximum Gasteiger partial charge on any atom is 0.0701 e. The zero-order valence-electron chi connectivity index (χ0n) is 12.5. The second-order valence-electron chi connectivity index (χ2n) is 3.84. The smallest absolute Gasteiger partial charge is 0.0701 e. The van der Waals surface area contributed by atoms with Crippen molar-refractivity contribution in [3.8, 4) is 0 Å². The van der Waals surface area contributed by atoms with Gasteiger partial charge in [-0.2, -0.15) is 11.8 Å². The van der Waals surface area contributed by atoms with Crippen LogP contribution in [0.5, 0.6) is 0 Å². The fourth-order valence-corrected chi connectivity index (χ4v) is 1.49. The summed E-state index contributed by atoms with van der Waals surface area (Å²) >= 11 is 1.78. The van der Waals surface area contributed by atoms with E-state index in [0.717, 1.165) is 12.4 Å². The highest BCUT2D eigenvalue weighted by molar-refractivity contribution is 7.98. The molecule has 0 bridgehead atoms. The Kier molecular flexibility index (Phi) is 19.2. The SMILES string of the molecule is CSCCOCCOCCOCCOCCOCCN. The Morgan fingerprint density at radius 1 is 0.600 bits per heavy atom. The van der Waals surface area contributed by atoms with Crippen molar-refractivity contribution in [2.24, 2.45) is 5.73 Å². The third kappa shape index (κ3) is 18.1. The molecule has 0 aromatic rings. The summed E-state index contributed by atoms with van der Waals surface area (Å²) in [4.78, 5) is 0. The molecule has 0 atom stereocenters. The lowest BCUT2D eigenvalue weighted by atomic mass is 10.7. The third-order valence-corrected chi connectivity index (χ3v) is 2.76. The number of nitrogens with two attached hydrogens (primary N) is 1. The molecule has 0 heterocycles. The molecule has 2 N–H and O–H groups in total. The molecule has 7 heteroatoms. The number of hydrogen-bond donors (Lipinski definition) is 1. The number of ether oxygens (including phenoxy) is 5. The third-order valence-electron chi connectivity index (χ3n) is 2.18. The van der Waals surface area contributed by atoms with Gasteiger partial charge in [0.15, 0.2) is 0 Å². The molecule has 0 radical (unpaired) electrons. The van der Waals surface area contributed by atoms with Crippen molar-refractivity contribution in [3.05, 3.63) is 0 Å². The molecule has 0 rings (SSSR count). The van der Waals surface area contributed by atoms with Crippen LogP contribution in [0.25, 0.3) is 0 Å². The lowest BCUT2D eigenvalue weighted by Crippen LogP contribution is -2.15. The molecule has 0 fully saturated rings. The second-order valence-corrected chi connectivity index (χ2v) is 4.83. The van der Waals surface area contributed by atoms with Crippen molar-refractivity contribution in [3.63, 3.8) is 0 Å². The van der Waals surface area contributed by atoms with Gasteiger partial charge in [0, 0.05) is 12.3 Å². The van der Waals surface area contributed by atoms with Gasteiger partial charge in [0.25, 0.3) is 0 Å². The maximum absolute atomic E-state index is 5.36. The zero-order chi connectivity index (χ0) is 14.7. The lowest BCUT2D eigenvalue weighted by Gasteiger charge is -2.07. The Morgan fingerprint density at radius 3 is 1.30 bits per heavy atom. The van der Waals surface area contributed by atoms with Crippen LogP contribution < -0.4 is 5.73 Å². The monoisotopic (exact) mass is 311 g/mol. The molecular formula is C13H29NO5S. The van der Waals surface area contributed by atoms with Gasteiger partial charge < -0.3 is 29.4 Å². The van der Waals surface area contributed by atoms with Crippen LogP contribution in [-0.4, -0.2) is 84.6 Å². The van der Waals surface area contributed by atoms with E-state index in [4.69, 9.17) is 29.4 Å². The van der Waals surface area contributed by atoms with Crippen LogP contribution in [0.1, 0.15) is 0 Å². The summed E-state index contributed by atoms with van der Waals surface area (Å²) in [5, 5.41) is 0. The van der Waals surface area contributed by atoms with E-state index >= 15 is 0 Å². The Hall–Kier alpha value is 0.110. The van der Waals surface area contributed by atoms with Crippen molar-refractivity contribution in [1.29, 1.82) is 0 Å². The van der Waals surface area contributed by atoms with Gasteiger partial charge in [-0.15, -0.1) is 0 Å². The molecule has 0 aliphatic heterocycles. The van der Waals surface area contributed by atoms with Gasteiger partial charge in [-0.05, 0) is 6.26 Å². The molecule has 0 saturated heterocycles. The second kappa shape index (κ2) is 19.1. The van der Waals surface area contributed by atoms with Crippen LogP contribution >= 0.6 is 11.8 Å². The van der Waals surface area contributed by atoms with Crippen molar-refractivity contribution in [2.75, 3.05) is 84.6 Å². The molecule has 0 amide bonds. The first kappa shape index (κ1) is 20.1. The predicted molar refractivity (Wildman–Crippen MR) is 81.5 cm³/mol. The highest BCUT2D eigenvalue weighted by Crippen LogP contribution is 1.90. The Balaban J connectivity index is 2.89. The highest BCUT2D eigenvalue weighted by Gasteiger charge is 1.93. The summed E-state index contributed by atoms with van der Waals surface area (Å²) in [6, 6.07) is 0. The molecule has 6 nitrogen and oxygen atoms in total. The molecule has 0 aromatic heterocycles. The van der Waals surface area contributed by atoms with Crippen molar-refractivity contribution >= 4 is 11.8 Å². The topological polar surface area (TPSA) is 72.2 Å². The molecule has 122 valence electrons. The van der Waals surface area contributed by atoms with Crippen LogP contribution in [0.4, 0.5) is 0 Å². The van der Waals surface area contributed by atoms with Gasteiger partial charge in [0.05, 0.1) is 66.1 Å². The first-order valence-corrected chi connectivity index (χ1v) is 8.39. The van der Waals surface area contributed by atoms with E-state index in [-0.39, 0.29) is 0 Å². The molecule has 0 aromatic carbocycles. The van der Waals surface area contributed by atoms with E-state index in [2.05, 4.69) is 6.26 Å². The zero-order valence-corrected chi connectivity index (χ0v) is 13.3. The van der Waals surface area contributed by atoms with Crippen LogP contribution in [0.3, 0.4) is 0 Å². The summed E-state index contributed by atoms with van der Waals surface area (Å²) in [6.07, 6.45) is 2.06. The van der Waals surface area contributed by atoms with Crippen molar-refractivity contribution in [1.82, 2.24) is 0 Å². The van der Waals surface area contributed by atoms with Gasteiger partial charge >= 0.3 is 0 Å². The fraction of sp³-hybridized carbons (Fsp3) is 1.00. The van der Waals surface area contributed by atoms with E-state index < -0.39 is 0 Å². The summed E-state index contributed by atoms with van der Waals surface area (Å²) in [5.74, 6) is 1.03. The minimum Gasteiger partial charge on any atom is -0.378 e. The van der Waals surface area contributed by atoms with Gasteiger partial charge in [-0.3, -0.25) is 0 Å². The number of hydrogen-bond acceptors (Lipinski definition) is 7.